The lowest BCUT2D eigenvalue weighted by Crippen LogP contribution is -2.24. The number of hydrogen-bond donors (Lipinski definition) is 0. The standard InChI is InChI=1S/C48H32O4P2/c49-53(35-13-5-1-6-14-35,36-15-7-2-8-16-36)39-23-27-47-43(31-39)41-29-33(21-25-45(41)51-47)34-22-26-46-42(30-34)44-32-40(24-28-48(44)52-46)54(50,37-17-9-3-10-18-37)38-19-11-4-12-20-38/h1-32H. The van der Waals surface area contributed by atoms with E-state index in [-0.39, 0.29) is 0 Å². The zero-order valence-electron chi connectivity index (χ0n) is 29.0. The summed E-state index contributed by atoms with van der Waals surface area (Å²) < 4.78 is 43.1. The van der Waals surface area contributed by atoms with Crippen LogP contribution in [0.2, 0.25) is 0 Å². The van der Waals surface area contributed by atoms with Crippen molar-refractivity contribution in [2.24, 2.45) is 0 Å². The minimum absolute atomic E-state index is 0.739. The highest BCUT2D eigenvalue weighted by Crippen LogP contribution is 2.45. The Morgan fingerprint density at radius 1 is 0.278 bits per heavy atom. The van der Waals surface area contributed by atoms with Crippen LogP contribution in [0.1, 0.15) is 0 Å². The van der Waals surface area contributed by atoms with Crippen molar-refractivity contribution in [1.29, 1.82) is 0 Å². The van der Waals surface area contributed by atoms with Gasteiger partial charge in [-0.1, -0.05) is 133 Å². The highest BCUT2D eigenvalue weighted by molar-refractivity contribution is 7.85. The second-order valence-electron chi connectivity index (χ2n) is 13.5. The van der Waals surface area contributed by atoms with E-state index in [4.69, 9.17) is 8.83 Å². The molecular formula is C48H32O4P2. The van der Waals surface area contributed by atoms with Gasteiger partial charge in [-0.05, 0) is 71.8 Å². The molecule has 0 amide bonds. The third-order valence-electron chi connectivity index (χ3n) is 10.4. The third kappa shape index (κ3) is 5.14. The number of fused-ring (bicyclic) bond motifs is 6. The van der Waals surface area contributed by atoms with Gasteiger partial charge in [0.2, 0.25) is 0 Å². The minimum Gasteiger partial charge on any atom is -0.456 e. The molecule has 0 aliphatic heterocycles. The summed E-state index contributed by atoms with van der Waals surface area (Å²) in [7, 11) is -6.35. The summed E-state index contributed by atoms with van der Waals surface area (Å²) in [5.41, 5.74) is 5.02. The molecular weight excluding hydrogens is 702 g/mol. The molecule has 4 nitrogen and oxygen atoms in total. The average Bonchev–Trinajstić information content (AvgIpc) is 3.81. The highest BCUT2D eigenvalue weighted by Gasteiger charge is 2.31. The molecule has 10 aromatic rings. The van der Waals surface area contributed by atoms with Gasteiger partial charge < -0.3 is 18.0 Å². The Kier molecular flexibility index (Phi) is 7.66. The van der Waals surface area contributed by atoms with Gasteiger partial charge in [-0.2, -0.15) is 0 Å². The van der Waals surface area contributed by atoms with Gasteiger partial charge >= 0.3 is 0 Å². The maximum Gasteiger partial charge on any atom is 0.171 e. The van der Waals surface area contributed by atoms with Gasteiger partial charge in [-0.15, -0.1) is 0 Å². The van der Waals surface area contributed by atoms with E-state index in [1.54, 1.807) is 0 Å². The van der Waals surface area contributed by atoms with Gasteiger partial charge in [0, 0.05) is 53.4 Å². The van der Waals surface area contributed by atoms with Crippen LogP contribution < -0.4 is 31.8 Å². The fourth-order valence-electron chi connectivity index (χ4n) is 7.73. The Morgan fingerprint density at radius 3 is 0.870 bits per heavy atom. The van der Waals surface area contributed by atoms with Crippen LogP contribution in [0.5, 0.6) is 0 Å². The van der Waals surface area contributed by atoms with E-state index in [1.807, 2.05) is 170 Å². The van der Waals surface area contributed by atoms with E-state index in [9.17, 15) is 0 Å². The topological polar surface area (TPSA) is 60.4 Å². The zero-order chi connectivity index (χ0) is 36.3. The molecule has 2 heterocycles. The Labute approximate surface area is 312 Å². The molecule has 0 fully saturated rings. The van der Waals surface area contributed by atoms with Crippen molar-refractivity contribution in [3.63, 3.8) is 0 Å². The van der Waals surface area contributed by atoms with E-state index >= 15 is 9.13 Å². The predicted octanol–water partition coefficient (Wildman–Crippen LogP) is 10.4. The van der Waals surface area contributed by atoms with Gasteiger partial charge in [0.25, 0.3) is 0 Å². The second kappa shape index (κ2) is 12.7. The lowest BCUT2D eigenvalue weighted by molar-refractivity contribution is 0.591. The molecule has 0 atom stereocenters. The number of hydrogen-bond acceptors (Lipinski definition) is 4. The summed E-state index contributed by atoms with van der Waals surface area (Å²) in [5.74, 6) is 0. The minimum atomic E-state index is -3.18. The van der Waals surface area contributed by atoms with Gasteiger partial charge in [-0.25, -0.2) is 0 Å². The van der Waals surface area contributed by atoms with E-state index < -0.39 is 14.3 Å². The Hall–Kier alpha value is -6.18. The summed E-state index contributed by atoms with van der Waals surface area (Å²) in [4.78, 5) is 0. The second-order valence-corrected chi connectivity index (χ2v) is 19.1. The largest absolute Gasteiger partial charge is 0.456 e. The summed E-state index contributed by atoms with van der Waals surface area (Å²) in [5, 5.41) is 8.38. The summed E-state index contributed by atoms with van der Waals surface area (Å²) in [6.07, 6.45) is 0. The Balaban J connectivity index is 1.11. The molecule has 0 saturated carbocycles. The van der Waals surface area contributed by atoms with E-state index in [2.05, 4.69) is 24.3 Å². The van der Waals surface area contributed by atoms with Crippen molar-refractivity contribution < 1.29 is 18.0 Å². The molecule has 0 spiro atoms. The number of benzene rings is 8. The molecule has 6 heteroatoms. The van der Waals surface area contributed by atoms with E-state index in [0.717, 1.165) is 86.8 Å². The van der Waals surface area contributed by atoms with Crippen LogP contribution in [0, 0.1) is 0 Å². The van der Waals surface area contributed by atoms with Crippen molar-refractivity contribution in [1.82, 2.24) is 0 Å². The quantitative estimate of drug-likeness (QED) is 0.153. The van der Waals surface area contributed by atoms with Crippen molar-refractivity contribution in [2.75, 3.05) is 0 Å². The van der Waals surface area contributed by atoms with Crippen LogP contribution in [0.3, 0.4) is 0 Å². The van der Waals surface area contributed by atoms with Crippen molar-refractivity contribution in [3.05, 3.63) is 194 Å². The number of furan rings is 2. The normalized spacial score (nSPS) is 12.2. The molecule has 8 aromatic carbocycles. The SMILES string of the molecule is O=P(c1ccccc1)(c1ccccc1)c1ccc2oc3ccc(-c4ccc5oc6ccc(P(=O)(c7ccccc7)c7ccccc7)cc6c5c4)cc3c2c1. The van der Waals surface area contributed by atoms with E-state index in [1.165, 1.54) is 0 Å². The monoisotopic (exact) mass is 734 g/mol. The summed E-state index contributed by atoms with van der Waals surface area (Å²) >= 11 is 0. The lowest BCUT2D eigenvalue weighted by Gasteiger charge is -2.20. The molecule has 0 aliphatic rings. The molecule has 10 rings (SSSR count). The molecule has 0 N–H and O–H groups in total. The molecule has 258 valence electrons. The molecule has 0 unspecified atom stereocenters. The fourth-order valence-corrected chi connectivity index (χ4v) is 13.1. The van der Waals surface area contributed by atoms with E-state index in [0.29, 0.717) is 0 Å². The molecule has 0 bridgehead atoms. The number of rotatable bonds is 7. The van der Waals surface area contributed by atoms with Crippen molar-refractivity contribution in [2.45, 2.75) is 0 Å². The maximum atomic E-state index is 15.2. The Morgan fingerprint density at radius 2 is 0.556 bits per heavy atom. The van der Waals surface area contributed by atoms with Crippen LogP contribution in [0.4, 0.5) is 0 Å². The first-order valence-corrected chi connectivity index (χ1v) is 21.3. The van der Waals surface area contributed by atoms with Gasteiger partial charge in [-0.3, -0.25) is 0 Å². The van der Waals surface area contributed by atoms with Gasteiger partial charge in [0.1, 0.15) is 22.3 Å². The Bertz CT molecular complexity index is 2800. The van der Waals surface area contributed by atoms with Gasteiger partial charge in [0.05, 0.1) is 0 Å². The van der Waals surface area contributed by atoms with Crippen LogP contribution in [-0.2, 0) is 9.13 Å². The van der Waals surface area contributed by atoms with Gasteiger partial charge in [0.15, 0.2) is 14.3 Å². The third-order valence-corrected chi connectivity index (χ3v) is 16.6. The van der Waals surface area contributed by atoms with Crippen LogP contribution in [0.25, 0.3) is 55.0 Å². The lowest BCUT2D eigenvalue weighted by atomic mass is 10.0. The van der Waals surface area contributed by atoms with Crippen molar-refractivity contribution >= 4 is 90.0 Å². The maximum absolute atomic E-state index is 15.2. The molecule has 54 heavy (non-hydrogen) atoms. The van der Waals surface area contributed by atoms with Crippen molar-refractivity contribution in [3.8, 4) is 11.1 Å². The predicted molar refractivity (Wildman–Crippen MR) is 225 cm³/mol. The van der Waals surface area contributed by atoms with Crippen LogP contribution >= 0.6 is 14.3 Å². The summed E-state index contributed by atoms with van der Waals surface area (Å²) in [6, 6.07) is 63.2. The van der Waals surface area contributed by atoms with Crippen LogP contribution in [-0.4, -0.2) is 0 Å². The first-order chi connectivity index (χ1) is 26.5. The average molecular weight is 735 g/mol. The van der Waals surface area contributed by atoms with Crippen LogP contribution in [0.15, 0.2) is 203 Å². The highest BCUT2D eigenvalue weighted by atomic mass is 31.2. The zero-order valence-corrected chi connectivity index (χ0v) is 30.8. The molecule has 0 saturated heterocycles. The first kappa shape index (κ1) is 32.5. The first-order valence-electron chi connectivity index (χ1n) is 17.9. The molecule has 0 radical (unpaired) electrons. The smallest absolute Gasteiger partial charge is 0.171 e. The molecule has 0 aliphatic carbocycles. The molecule has 2 aromatic heterocycles. The summed E-state index contributed by atoms with van der Waals surface area (Å²) in [6.45, 7) is 0. The fraction of sp³-hybridized carbons (Fsp3) is 0.